The lowest BCUT2D eigenvalue weighted by atomic mass is 10.2. The summed E-state index contributed by atoms with van der Waals surface area (Å²) in [7, 11) is 0. The van der Waals surface area contributed by atoms with E-state index < -0.39 is 6.03 Å². The van der Waals surface area contributed by atoms with Gasteiger partial charge >= 0.3 is 6.03 Å². The van der Waals surface area contributed by atoms with Crippen LogP contribution in [0.2, 0.25) is 5.02 Å². The van der Waals surface area contributed by atoms with Crippen LogP contribution in [-0.4, -0.2) is 12.2 Å². The molecule has 0 atom stereocenters. The number of hydrogen-bond donors (Lipinski definition) is 2. The summed E-state index contributed by atoms with van der Waals surface area (Å²) >= 11 is 5.82. The summed E-state index contributed by atoms with van der Waals surface area (Å²) in [5.41, 5.74) is 4.03. The zero-order chi connectivity index (χ0) is 14.9. The quantitative estimate of drug-likeness (QED) is 0.646. The summed E-state index contributed by atoms with van der Waals surface area (Å²) in [6, 6.07) is 16.3. The minimum atomic E-state index is -0.429. The molecule has 0 aliphatic carbocycles. The predicted octanol–water partition coefficient (Wildman–Crippen LogP) is 4.16. The van der Waals surface area contributed by atoms with Gasteiger partial charge in [0.2, 0.25) is 0 Å². The Kier molecular flexibility index (Phi) is 5.55. The number of urea groups is 1. The van der Waals surface area contributed by atoms with Gasteiger partial charge in [0.1, 0.15) is 0 Å². The SMILES string of the molecule is O=C(NN=C/C=C/c1ccccc1)Nc1cccc(Cl)c1. The van der Waals surface area contributed by atoms with Crippen LogP contribution in [0.25, 0.3) is 6.08 Å². The standard InChI is InChI=1S/C16H14ClN3O/c17-14-9-4-10-15(12-14)19-16(21)20-18-11-5-8-13-6-2-1-3-7-13/h1-12H,(H2,19,20,21)/b8-5+,18-11?. The molecule has 0 aliphatic heterocycles. The fourth-order valence-corrected chi connectivity index (χ4v) is 1.77. The van der Waals surface area contributed by atoms with E-state index in [9.17, 15) is 4.79 Å². The van der Waals surface area contributed by atoms with Gasteiger partial charge < -0.3 is 5.32 Å². The molecule has 0 saturated carbocycles. The number of halogens is 1. The van der Waals surface area contributed by atoms with Crippen molar-refractivity contribution >= 4 is 35.6 Å². The van der Waals surface area contributed by atoms with Crippen LogP contribution in [0.5, 0.6) is 0 Å². The number of allylic oxidation sites excluding steroid dienone is 1. The molecule has 2 aromatic rings. The molecule has 2 N–H and O–H groups in total. The van der Waals surface area contributed by atoms with Crippen LogP contribution in [0.1, 0.15) is 5.56 Å². The molecule has 0 bridgehead atoms. The molecule has 0 radical (unpaired) electrons. The maximum Gasteiger partial charge on any atom is 0.339 e. The van der Waals surface area contributed by atoms with E-state index in [1.54, 1.807) is 30.3 Å². The van der Waals surface area contributed by atoms with Gasteiger partial charge in [0.05, 0.1) is 0 Å². The molecule has 2 amide bonds. The third kappa shape index (κ3) is 5.50. The number of hydrazone groups is 1. The van der Waals surface area contributed by atoms with Gasteiger partial charge in [0.25, 0.3) is 0 Å². The number of amides is 2. The highest BCUT2D eigenvalue weighted by Gasteiger charge is 1.99. The van der Waals surface area contributed by atoms with Crippen molar-refractivity contribution < 1.29 is 4.79 Å². The Morgan fingerprint density at radius 3 is 2.67 bits per heavy atom. The van der Waals surface area contributed by atoms with Gasteiger partial charge in [-0.3, -0.25) is 0 Å². The Morgan fingerprint density at radius 1 is 1.10 bits per heavy atom. The van der Waals surface area contributed by atoms with E-state index in [1.165, 1.54) is 6.21 Å². The Balaban J connectivity index is 1.79. The first-order chi connectivity index (χ1) is 10.2. The molecule has 5 heteroatoms. The van der Waals surface area contributed by atoms with Crippen molar-refractivity contribution in [2.24, 2.45) is 5.10 Å². The van der Waals surface area contributed by atoms with Crippen LogP contribution < -0.4 is 10.7 Å². The topological polar surface area (TPSA) is 53.5 Å². The highest BCUT2D eigenvalue weighted by Crippen LogP contribution is 2.14. The third-order valence-electron chi connectivity index (χ3n) is 2.50. The summed E-state index contributed by atoms with van der Waals surface area (Å²) in [4.78, 5) is 11.6. The molecule has 0 fully saturated rings. The number of nitrogens with one attached hydrogen (secondary N) is 2. The minimum absolute atomic E-state index is 0.429. The first-order valence-corrected chi connectivity index (χ1v) is 6.69. The first kappa shape index (κ1) is 14.8. The van der Waals surface area contributed by atoms with E-state index in [0.717, 1.165) is 5.56 Å². The Hall–Kier alpha value is -2.59. The second-order valence-electron chi connectivity index (χ2n) is 4.12. The molecule has 2 aromatic carbocycles. The fourth-order valence-electron chi connectivity index (χ4n) is 1.58. The Labute approximate surface area is 128 Å². The second kappa shape index (κ2) is 7.87. The lowest BCUT2D eigenvalue weighted by molar-refractivity contribution is 0.252. The van der Waals surface area contributed by atoms with Crippen LogP contribution in [0.4, 0.5) is 10.5 Å². The van der Waals surface area contributed by atoms with Gasteiger partial charge in [-0.15, -0.1) is 0 Å². The number of hydrogen-bond acceptors (Lipinski definition) is 2. The fraction of sp³-hybridized carbons (Fsp3) is 0. The summed E-state index contributed by atoms with van der Waals surface area (Å²) in [5.74, 6) is 0. The highest BCUT2D eigenvalue weighted by molar-refractivity contribution is 6.30. The zero-order valence-corrected chi connectivity index (χ0v) is 11.9. The van der Waals surface area contributed by atoms with Gasteiger partial charge in [-0.2, -0.15) is 5.10 Å². The van der Waals surface area contributed by atoms with Gasteiger partial charge in [-0.25, -0.2) is 10.2 Å². The van der Waals surface area contributed by atoms with E-state index in [0.29, 0.717) is 10.7 Å². The molecule has 0 spiro atoms. The van der Waals surface area contributed by atoms with E-state index in [1.807, 2.05) is 36.4 Å². The zero-order valence-electron chi connectivity index (χ0n) is 11.2. The number of nitrogens with zero attached hydrogens (tertiary/aromatic N) is 1. The Morgan fingerprint density at radius 2 is 1.90 bits per heavy atom. The molecule has 2 rings (SSSR count). The summed E-state index contributed by atoms with van der Waals surface area (Å²) in [5, 5.41) is 6.97. The molecule has 0 aliphatic rings. The van der Waals surface area contributed by atoms with Crippen molar-refractivity contribution in [3.63, 3.8) is 0 Å². The lowest BCUT2D eigenvalue weighted by Gasteiger charge is -2.03. The molecule has 0 aromatic heterocycles. The van der Waals surface area contributed by atoms with E-state index >= 15 is 0 Å². The molecule has 0 unspecified atom stereocenters. The monoisotopic (exact) mass is 299 g/mol. The van der Waals surface area contributed by atoms with E-state index in [-0.39, 0.29) is 0 Å². The van der Waals surface area contributed by atoms with Crippen LogP contribution in [0, 0.1) is 0 Å². The van der Waals surface area contributed by atoms with Crippen molar-refractivity contribution in [1.82, 2.24) is 5.43 Å². The molecule has 0 heterocycles. The second-order valence-corrected chi connectivity index (χ2v) is 4.56. The number of carbonyl (C=O) groups is 1. The smallest absolute Gasteiger partial charge is 0.306 e. The van der Waals surface area contributed by atoms with Crippen LogP contribution in [0.3, 0.4) is 0 Å². The normalized spacial score (nSPS) is 10.9. The first-order valence-electron chi connectivity index (χ1n) is 6.31. The molecule has 21 heavy (non-hydrogen) atoms. The summed E-state index contributed by atoms with van der Waals surface area (Å²) < 4.78 is 0. The number of benzene rings is 2. The largest absolute Gasteiger partial charge is 0.339 e. The van der Waals surface area contributed by atoms with Crippen molar-refractivity contribution in [3.8, 4) is 0 Å². The summed E-state index contributed by atoms with van der Waals surface area (Å²) in [6.45, 7) is 0. The van der Waals surface area contributed by atoms with E-state index in [2.05, 4.69) is 15.8 Å². The summed E-state index contributed by atoms with van der Waals surface area (Å²) in [6.07, 6.45) is 5.14. The number of rotatable bonds is 4. The predicted molar refractivity (Wildman–Crippen MR) is 87.6 cm³/mol. The van der Waals surface area contributed by atoms with Crippen molar-refractivity contribution in [2.75, 3.05) is 5.32 Å². The van der Waals surface area contributed by atoms with Gasteiger partial charge in [0.15, 0.2) is 0 Å². The molecule has 0 saturated heterocycles. The average Bonchev–Trinajstić information content (AvgIpc) is 2.48. The molecule has 4 nitrogen and oxygen atoms in total. The van der Waals surface area contributed by atoms with Crippen molar-refractivity contribution in [2.45, 2.75) is 0 Å². The number of anilines is 1. The molecule has 106 valence electrons. The van der Waals surface area contributed by atoms with Gasteiger partial charge in [-0.05, 0) is 29.8 Å². The number of carbonyl (C=O) groups excluding carboxylic acids is 1. The molecular formula is C16H14ClN3O. The Bertz CT molecular complexity index is 654. The highest BCUT2D eigenvalue weighted by atomic mass is 35.5. The maximum atomic E-state index is 11.6. The molecular weight excluding hydrogens is 286 g/mol. The minimum Gasteiger partial charge on any atom is -0.306 e. The van der Waals surface area contributed by atoms with Crippen LogP contribution >= 0.6 is 11.6 Å². The van der Waals surface area contributed by atoms with Crippen molar-refractivity contribution in [1.29, 1.82) is 0 Å². The maximum absolute atomic E-state index is 11.6. The average molecular weight is 300 g/mol. The van der Waals surface area contributed by atoms with Gasteiger partial charge in [0, 0.05) is 16.9 Å². The van der Waals surface area contributed by atoms with Gasteiger partial charge in [-0.1, -0.05) is 54.1 Å². The van der Waals surface area contributed by atoms with Crippen molar-refractivity contribution in [3.05, 3.63) is 71.3 Å². The van der Waals surface area contributed by atoms with E-state index in [4.69, 9.17) is 11.6 Å². The lowest BCUT2D eigenvalue weighted by Crippen LogP contribution is -2.23. The third-order valence-corrected chi connectivity index (χ3v) is 2.73. The van der Waals surface area contributed by atoms with Crippen LogP contribution in [0.15, 0.2) is 65.8 Å². The van der Waals surface area contributed by atoms with Crippen LogP contribution in [-0.2, 0) is 0 Å².